The Morgan fingerprint density at radius 2 is 2.05 bits per heavy atom. The van der Waals surface area contributed by atoms with Gasteiger partial charge in [0.15, 0.2) is 0 Å². The van der Waals surface area contributed by atoms with E-state index in [0.717, 1.165) is 12.1 Å². The average molecular weight is 273 g/mol. The Bertz CT molecular complexity index is 542. The fourth-order valence-electron chi connectivity index (χ4n) is 1.55. The summed E-state index contributed by atoms with van der Waals surface area (Å²) in [5, 5.41) is 3.93. The highest BCUT2D eigenvalue weighted by Crippen LogP contribution is 2.16. The highest BCUT2D eigenvalue weighted by Gasteiger charge is 2.28. The monoisotopic (exact) mass is 273 g/mol. The first-order valence-corrected chi connectivity index (χ1v) is 5.56. The minimum atomic E-state index is -5.34. The maximum Gasteiger partial charge on any atom is 0.512 e. The zero-order valence-electron chi connectivity index (χ0n) is 9.77. The molecule has 0 spiro atoms. The highest BCUT2D eigenvalue weighted by atomic mass is 19.4. The van der Waals surface area contributed by atoms with Gasteiger partial charge < -0.3 is 17.7 Å². The van der Waals surface area contributed by atoms with Crippen LogP contribution in [0.2, 0.25) is 0 Å². The molecule has 8 heteroatoms. The van der Waals surface area contributed by atoms with E-state index in [1.165, 1.54) is 0 Å². The molecular formula is C11H10BF4N2O-. The number of halogens is 4. The van der Waals surface area contributed by atoms with Crippen molar-refractivity contribution < 1.29 is 22.1 Å². The molecule has 102 valence electrons. The van der Waals surface area contributed by atoms with E-state index in [1.807, 2.05) is 0 Å². The van der Waals surface area contributed by atoms with Gasteiger partial charge in [0, 0.05) is 18.5 Å². The maximum absolute atomic E-state index is 13.2. The highest BCUT2D eigenvalue weighted by molar-refractivity contribution is 6.73. The van der Waals surface area contributed by atoms with Crippen LogP contribution in [0.1, 0.15) is 0 Å². The molecule has 0 aliphatic carbocycles. The van der Waals surface area contributed by atoms with Crippen LogP contribution in [0, 0.1) is 5.82 Å². The number of ether oxygens (including phenoxy) is 1. The molecule has 0 bridgehead atoms. The van der Waals surface area contributed by atoms with Crippen molar-refractivity contribution in [2.45, 2.75) is 6.54 Å². The molecule has 1 aromatic heterocycles. The van der Waals surface area contributed by atoms with Crippen LogP contribution in [0.3, 0.4) is 0 Å². The molecule has 0 aliphatic rings. The van der Waals surface area contributed by atoms with Crippen LogP contribution in [0.15, 0.2) is 36.7 Å². The van der Waals surface area contributed by atoms with E-state index in [4.69, 9.17) is 4.74 Å². The predicted octanol–water partition coefficient (Wildman–Crippen LogP) is 2.16. The first-order chi connectivity index (χ1) is 8.97. The van der Waals surface area contributed by atoms with E-state index < -0.39 is 18.3 Å². The smallest absolute Gasteiger partial charge is 0.492 e. The predicted molar refractivity (Wildman–Crippen MR) is 62.8 cm³/mol. The summed E-state index contributed by atoms with van der Waals surface area (Å²) in [7, 11) is 0. The van der Waals surface area contributed by atoms with Crippen LogP contribution in [0.5, 0.6) is 5.75 Å². The van der Waals surface area contributed by atoms with Gasteiger partial charge >= 0.3 is 6.98 Å². The first kappa shape index (κ1) is 13.4. The fraction of sp³-hybridized carbons (Fsp3) is 0.182. The molecule has 0 atom stereocenters. The van der Waals surface area contributed by atoms with Crippen molar-refractivity contribution >= 4 is 12.4 Å². The second kappa shape index (κ2) is 5.33. The molecule has 2 aromatic rings. The molecule has 3 nitrogen and oxygen atoms in total. The third kappa shape index (κ3) is 3.49. The van der Waals surface area contributed by atoms with Crippen molar-refractivity contribution in [1.82, 2.24) is 9.78 Å². The lowest BCUT2D eigenvalue weighted by molar-refractivity contribution is 0.290. The third-order valence-electron chi connectivity index (χ3n) is 2.47. The Morgan fingerprint density at radius 3 is 2.63 bits per heavy atom. The van der Waals surface area contributed by atoms with Crippen LogP contribution in [-0.4, -0.2) is 23.4 Å². The molecule has 0 radical (unpaired) electrons. The summed E-state index contributed by atoms with van der Waals surface area (Å²) in [5.41, 5.74) is -1.24. The van der Waals surface area contributed by atoms with Crippen LogP contribution in [0.25, 0.3) is 0 Å². The van der Waals surface area contributed by atoms with Crippen LogP contribution < -0.4 is 10.2 Å². The third-order valence-corrected chi connectivity index (χ3v) is 2.47. The number of nitrogens with zero attached hydrogens (tertiary/aromatic N) is 2. The van der Waals surface area contributed by atoms with Gasteiger partial charge in [0.1, 0.15) is 12.4 Å². The number of hydrogen-bond donors (Lipinski definition) is 0. The van der Waals surface area contributed by atoms with Crippen molar-refractivity contribution in [3.63, 3.8) is 0 Å². The zero-order valence-corrected chi connectivity index (χ0v) is 9.77. The van der Waals surface area contributed by atoms with Gasteiger partial charge in [-0.2, -0.15) is 5.10 Å². The molecule has 19 heavy (non-hydrogen) atoms. The van der Waals surface area contributed by atoms with Crippen molar-refractivity contribution in [3.05, 3.63) is 42.5 Å². The summed E-state index contributed by atoms with van der Waals surface area (Å²) in [6.07, 6.45) is 3.32. The second-order valence-corrected chi connectivity index (χ2v) is 3.88. The largest absolute Gasteiger partial charge is 0.512 e. The minimum absolute atomic E-state index is 0.0634. The molecule has 0 N–H and O–H groups in total. The Morgan fingerprint density at radius 1 is 1.26 bits per heavy atom. The van der Waals surface area contributed by atoms with Gasteiger partial charge in [0.25, 0.3) is 0 Å². The van der Waals surface area contributed by atoms with Gasteiger partial charge in [-0.05, 0) is 12.1 Å². The van der Waals surface area contributed by atoms with Gasteiger partial charge in [0.05, 0.1) is 12.4 Å². The van der Waals surface area contributed by atoms with Gasteiger partial charge in [-0.25, -0.2) is 4.39 Å². The summed E-state index contributed by atoms with van der Waals surface area (Å²) in [4.78, 5) is 0. The lowest BCUT2D eigenvalue weighted by atomic mass is 9.80. The van der Waals surface area contributed by atoms with E-state index in [2.05, 4.69) is 5.10 Å². The van der Waals surface area contributed by atoms with E-state index >= 15 is 0 Å². The second-order valence-electron chi connectivity index (χ2n) is 3.88. The van der Waals surface area contributed by atoms with Crippen molar-refractivity contribution in [1.29, 1.82) is 0 Å². The number of rotatable bonds is 5. The van der Waals surface area contributed by atoms with Gasteiger partial charge in [-0.15, -0.1) is 0 Å². The lowest BCUT2D eigenvalue weighted by Crippen LogP contribution is -2.36. The molecule has 1 heterocycles. The Balaban J connectivity index is 1.97. The van der Waals surface area contributed by atoms with Crippen molar-refractivity contribution in [3.8, 4) is 5.75 Å². The van der Waals surface area contributed by atoms with Gasteiger partial charge in [-0.3, -0.25) is 4.68 Å². The van der Waals surface area contributed by atoms with E-state index in [-0.39, 0.29) is 12.4 Å². The Kier molecular flexibility index (Phi) is 3.78. The number of benzene rings is 1. The normalized spacial score (nSPS) is 11.6. The summed E-state index contributed by atoms with van der Waals surface area (Å²) in [6.45, 7) is -4.72. The molecule has 0 saturated heterocycles. The molecule has 1 aromatic carbocycles. The molecule has 0 fully saturated rings. The molecular weight excluding hydrogens is 263 g/mol. The maximum atomic E-state index is 13.2. The molecule has 0 unspecified atom stereocenters. The first-order valence-electron chi connectivity index (χ1n) is 5.56. The average Bonchev–Trinajstić information content (AvgIpc) is 2.80. The van der Waals surface area contributed by atoms with Crippen LogP contribution in [0.4, 0.5) is 17.3 Å². The lowest BCUT2D eigenvalue weighted by Gasteiger charge is -2.16. The SMILES string of the molecule is Fc1cc(OCCn2cccn2)ccc1[B-](F)(F)F. The van der Waals surface area contributed by atoms with Crippen LogP contribution >= 0.6 is 0 Å². The quantitative estimate of drug-likeness (QED) is 0.616. The summed E-state index contributed by atoms with van der Waals surface area (Å²) in [5.74, 6) is -1.25. The van der Waals surface area contributed by atoms with Crippen molar-refractivity contribution in [2.24, 2.45) is 0 Å². The summed E-state index contributed by atoms with van der Waals surface area (Å²) >= 11 is 0. The fourth-order valence-corrected chi connectivity index (χ4v) is 1.55. The standard InChI is InChI=1S/C11H10BF4N2O/c13-11-8-9(2-3-10(11)12(14,15)16)19-7-6-18-5-1-4-17-18/h1-5,8H,6-7H2/q-1. The van der Waals surface area contributed by atoms with Crippen LogP contribution in [-0.2, 0) is 6.54 Å². The molecule has 0 saturated carbocycles. The Hall–Kier alpha value is -1.99. The topological polar surface area (TPSA) is 27.1 Å². The molecule has 2 rings (SSSR count). The zero-order chi connectivity index (χ0) is 13.9. The van der Waals surface area contributed by atoms with E-state index in [9.17, 15) is 17.3 Å². The summed E-state index contributed by atoms with van der Waals surface area (Å²) < 4.78 is 57.2. The Labute approximate surface area is 106 Å². The van der Waals surface area contributed by atoms with Gasteiger partial charge in [0.2, 0.25) is 0 Å². The van der Waals surface area contributed by atoms with E-state index in [0.29, 0.717) is 12.6 Å². The molecule has 0 aliphatic heterocycles. The number of hydrogen-bond acceptors (Lipinski definition) is 2. The summed E-state index contributed by atoms with van der Waals surface area (Å²) in [6, 6.07) is 4.28. The number of aromatic nitrogens is 2. The van der Waals surface area contributed by atoms with E-state index in [1.54, 1.807) is 23.1 Å². The minimum Gasteiger partial charge on any atom is -0.492 e. The van der Waals surface area contributed by atoms with Crippen molar-refractivity contribution in [2.75, 3.05) is 6.61 Å². The van der Waals surface area contributed by atoms with Gasteiger partial charge in [-0.1, -0.05) is 11.5 Å². The molecule has 0 amide bonds.